The third-order valence-corrected chi connectivity index (χ3v) is 4.29. The molecule has 2 aromatic carbocycles. The Bertz CT molecular complexity index is 943. The van der Waals surface area contributed by atoms with E-state index in [9.17, 15) is 10.1 Å². The van der Waals surface area contributed by atoms with E-state index in [-0.39, 0.29) is 5.69 Å². The zero-order chi connectivity index (χ0) is 17.8. The number of nitro groups is 1. The van der Waals surface area contributed by atoms with Crippen LogP contribution in [-0.2, 0) is 0 Å². The molecule has 0 saturated heterocycles. The minimum atomic E-state index is -0.477. The molecule has 1 heterocycles. The van der Waals surface area contributed by atoms with Crippen molar-refractivity contribution in [3.63, 3.8) is 0 Å². The van der Waals surface area contributed by atoms with Gasteiger partial charge in [0.2, 0.25) is 5.16 Å². The molecule has 3 aromatic rings. The molecule has 0 aliphatic carbocycles. The van der Waals surface area contributed by atoms with Crippen LogP contribution >= 0.6 is 23.4 Å². The van der Waals surface area contributed by atoms with Crippen LogP contribution in [0.3, 0.4) is 0 Å². The van der Waals surface area contributed by atoms with Crippen LogP contribution in [0.4, 0.5) is 5.69 Å². The predicted octanol–water partition coefficient (Wildman–Crippen LogP) is 4.11. The summed E-state index contributed by atoms with van der Waals surface area (Å²) in [6.07, 6.45) is 3.33. The van der Waals surface area contributed by atoms with Crippen LogP contribution in [0.15, 0.2) is 58.8 Å². The van der Waals surface area contributed by atoms with Gasteiger partial charge in [-0.1, -0.05) is 53.7 Å². The largest absolute Gasteiger partial charge is 0.270 e. The smallest absolute Gasteiger partial charge is 0.258 e. The number of thioether (sulfide) groups is 1. The highest BCUT2D eigenvalue weighted by Crippen LogP contribution is 2.24. The summed E-state index contributed by atoms with van der Waals surface area (Å²) in [6.45, 7) is 0. The SMILES string of the molecule is CSc1nnc(-c2ccccc2)n1N=Cc1cc([N+](=O)[O-])ccc1Cl. The van der Waals surface area contributed by atoms with Crippen molar-refractivity contribution in [2.45, 2.75) is 5.16 Å². The van der Waals surface area contributed by atoms with Gasteiger partial charge in [-0.15, -0.1) is 10.2 Å². The molecule has 0 unspecified atom stereocenters. The minimum Gasteiger partial charge on any atom is -0.258 e. The topological polar surface area (TPSA) is 86.2 Å². The van der Waals surface area contributed by atoms with Gasteiger partial charge in [0.1, 0.15) is 0 Å². The van der Waals surface area contributed by atoms with Gasteiger partial charge in [0.15, 0.2) is 5.82 Å². The van der Waals surface area contributed by atoms with Crippen molar-refractivity contribution < 1.29 is 4.92 Å². The number of nitro benzene ring substituents is 1. The standard InChI is InChI=1S/C16H12ClN5O2S/c1-25-16-20-19-15(11-5-3-2-4-6-11)21(16)18-10-12-9-13(22(23)24)7-8-14(12)17/h2-10H,1H3. The molecule has 0 spiro atoms. The van der Waals surface area contributed by atoms with E-state index >= 15 is 0 Å². The first-order valence-corrected chi connectivity index (χ1v) is 8.73. The van der Waals surface area contributed by atoms with Gasteiger partial charge in [0.05, 0.1) is 11.1 Å². The van der Waals surface area contributed by atoms with Crippen LogP contribution in [0.1, 0.15) is 5.56 Å². The second-order valence-corrected chi connectivity index (χ2v) is 6.08. The Balaban J connectivity index is 2.03. The van der Waals surface area contributed by atoms with E-state index in [1.165, 1.54) is 36.2 Å². The Hall–Kier alpha value is -2.71. The van der Waals surface area contributed by atoms with Crippen LogP contribution in [0.2, 0.25) is 5.02 Å². The molecule has 0 aliphatic heterocycles. The lowest BCUT2D eigenvalue weighted by atomic mass is 10.2. The highest BCUT2D eigenvalue weighted by atomic mass is 35.5. The summed E-state index contributed by atoms with van der Waals surface area (Å²) in [5.41, 5.74) is 1.25. The number of benzene rings is 2. The normalized spacial score (nSPS) is 11.1. The molecule has 1 aromatic heterocycles. The lowest BCUT2D eigenvalue weighted by Crippen LogP contribution is -1.97. The summed E-state index contributed by atoms with van der Waals surface area (Å²) in [6, 6.07) is 13.7. The average molecular weight is 374 g/mol. The first-order valence-electron chi connectivity index (χ1n) is 7.13. The summed E-state index contributed by atoms with van der Waals surface area (Å²) >= 11 is 7.50. The van der Waals surface area contributed by atoms with Crippen molar-refractivity contribution in [1.82, 2.24) is 14.9 Å². The Morgan fingerprint density at radius 2 is 2.00 bits per heavy atom. The summed E-state index contributed by atoms with van der Waals surface area (Å²) in [4.78, 5) is 10.4. The summed E-state index contributed by atoms with van der Waals surface area (Å²) in [5, 5.41) is 24.6. The van der Waals surface area contributed by atoms with E-state index in [1.807, 2.05) is 36.6 Å². The van der Waals surface area contributed by atoms with E-state index in [2.05, 4.69) is 15.3 Å². The van der Waals surface area contributed by atoms with Crippen LogP contribution in [0.5, 0.6) is 0 Å². The van der Waals surface area contributed by atoms with Gasteiger partial charge >= 0.3 is 0 Å². The fourth-order valence-electron chi connectivity index (χ4n) is 2.13. The Morgan fingerprint density at radius 1 is 1.24 bits per heavy atom. The molecular formula is C16H12ClN5O2S. The summed E-state index contributed by atoms with van der Waals surface area (Å²) < 4.78 is 1.58. The minimum absolute atomic E-state index is 0.0528. The van der Waals surface area contributed by atoms with Gasteiger partial charge in [-0.05, 0) is 12.3 Å². The highest BCUT2D eigenvalue weighted by Gasteiger charge is 2.13. The van der Waals surface area contributed by atoms with E-state index in [1.54, 1.807) is 4.68 Å². The molecule has 9 heteroatoms. The number of rotatable bonds is 5. The predicted molar refractivity (Wildman–Crippen MR) is 98.3 cm³/mol. The van der Waals surface area contributed by atoms with Gasteiger partial charge in [-0.2, -0.15) is 9.78 Å². The van der Waals surface area contributed by atoms with E-state index in [0.29, 0.717) is 21.6 Å². The number of hydrogen-bond acceptors (Lipinski definition) is 6. The maximum absolute atomic E-state index is 10.9. The highest BCUT2D eigenvalue weighted by molar-refractivity contribution is 7.98. The second kappa shape index (κ2) is 7.45. The molecular weight excluding hydrogens is 362 g/mol. The van der Waals surface area contributed by atoms with Gasteiger partial charge in [0, 0.05) is 28.3 Å². The molecule has 0 saturated carbocycles. The summed E-state index contributed by atoms with van der Waals surface area (Å²) in [5.74, 6) is 0.572. The monoisotopic (exact) mass is 373 g/mol. The molecule has 0 radical (unpaired) electrons. The first-order chi connectivity index (χ1) is 12.1. The van der Waals surface area contributed by atoms with Crippen molar-refractivity contribution in [2.75, 3.05) is 6.26 Å². The maximum atomic E-state index is 10.9. The van der Waals surface area contributed by atoms with Crippen molar-refractivity contribution in [3.05, 3.63) is 69.2 Å². The molecule has 0 fully saturated rings. The quantitative estimate of drug-likeness (QED) is 0.291. The third kappa shape index (κ3) is 3.70. The average Bonchev–Trinajstić information content (AvgIpc) is 3.04. The van der Waals surface area contributed by atoms with Crippen LogP contribution < -0.4 is 0 Å². The van der Waals surface area contributed by atoms with Gasteiger partial charge in [-0.25, -0.2) is 0 Å². The molecule has 0 atom stereocenters. The van der Waals surface area contributed by atoms with E-state index in [4.69, 9.17) is 11.6 Å². The molecule has 0 aliphatic rings. The number of hydrogen-bond donors (Lipinski definition) is 0. The van der Waals surface area contributed by atoms with Gasteiger partial charge in [-0.3, -0.25) is 10.1 Å². The molecule has 3 rings (SSSR count). The van der Waals surface area contributed by atoms with Crippen molar-refractivity contribution in [2.24, 2.45) is 5.10 Å². The number of nitrogens with zero attached hydrogens (tertiary/aromatic N) is 5. The van der Waals surface area contributed by atoms with Gasteiger partial charge < -0.3 is 0 Å². The lowest BCUT2D eigenvalue weighted by Gasteiger charge is -2.03. The Kier molecular flexibility index (Phi) is 5.11. The van der Waals surface area contributed by atoms with Crippen molar-refractivity contribution in [1.29, 1.82) is 0 Å². The molecule has 0 bridgehead atoms. The van der Waals surface area contributed by atoms with E-state index < -0.39 is 4.92 Å². The lowest BCUT2D eigenvalue weighted by molar-refractivity contribution is -0.384. The van der Waals surface area contributed by atoms with Gasteiger partial charge in [0.25, 0.3) is 5.69 Å². The number of aromatic nitrogens is 3. The molecule has 7 nitrogen and oxygen atoms in total. The second-order valence-electron chi connectivity index (χ2n) is 4.90. The third-order valence-electron chi connectivity index (χ3n) is 3.33. The Morgan fingerprint density at radius 3 is 2.68 bits per heavy atom. The fourth-order valence-corrected chi connectivity index (χ4v) is 2.72. The molecule has 126 valence electrons. The molecule has 0 N–H and O–H groups in total. The first kappa shape index (κ1) is 17.1. The summed E-state index contributed by atoms with van der Waals surface area (Å²) in [7, 11) is 0. The van der Waals surface area contributed by atoms with Crippen LogP contribution in [-0.4, -0.2) is 32.3 Å². The number of non-ortho nitro benzene ring substituents is 1. The Labute approximate surface area is 152 Å². The van der Waals surface area contributed by atoms with Crippen LogP contribution in [0.25, 0.3) is 11.4 Å². The fraction of sp³-hybridized carbons (Fsp3) is 0.0625. The number of halogens is 1. The van der Waals surface area contributed by atoms with E-state index in [0.717, 1.165) is 5.56 Å². The maximum Gasteiger partial charge on any atom is 0.270 e. The molecule has 0 amide bonds. The van der Waals surface area contributed by atoms with Crippen molar-refractivity contribution in [3.8, 4) is 11.4 Å². The van der Waals surface area contributed by atoms with Crippen LogP contribution in [0, 0.1) is 10.1 Å². The zero-order valence-corrected chi connectivity index (χ0v) is 14.6. The zero-order valence-electron chi connectivity index (χ0n) is 13.0. The molecule has 25 heavy (non-hydrogen) atoms. The van der Waals surface area contributed by atoms with Crippen molar-refractivity contribution >= 4 is 35.3 Å².